The van der Waals surface area contributed by atoms with Crippen LogP contribution in [0, 0.1) is 0 Å². The first-order chi connectivity index (χ1) is 7.40. The van der Waals surface area contributed by atoms with Gasteiger partial charge >= 0.3 is 0 Å². The first-order valence-electron chi connectivity index (χ1n) is 5.23. The predicted molar refractivity (Wildman–Crippen MR) is 61.2 cm³/mol. The van der Waals surface area contributed by atoms with Gasteiger partial charge in [0.15, 0.2) is 0 Å². The molecule has 0 aliphatic heterocycles. The Kier molecular flexibility index (Phi) is 3.20. The van der Waals surface area contributed by atoms with Crippen molar-refractivity contribution in [3.63, 3.8) is 0 Å². The molecule has 0 unspecified atom stereocenters. The van der Waals surface area contributed by atoms with Crippen molar-refractivity contribution >= 4 is 0 Å². The van der Waals surface area contributed by atoms with E-state index in [1.54, 1.807) is 0 Å². The normalized spacial score (nSPS) is 10.5. The number of aromatic nitrogens is 1. The van der Waals surface area contributed by atoms with Gasteiger partial charge in [0, 0.05) is 24.7 Å². The molecule has 0 atom stereocenters. The van der Waals surface area contributed by atoms with Gasteiger partial charge in [-0.1, -0.05) is 12.1 Å². The average molecular weight is 201 g/mol. The number of rotatable bonds is 4. The first kappa shape index (κ1) is 9.99. The van der Waals surface area contributed by atoms with Gasteiger partial charge in [-0.2, -0.15) is 0 Å². The van der Waals surface area contributed by atoms with Gasteiger partial charge in [-0.05, 0) is 42.7 Å². The summed E-state index contributed by atoms with van der Waals surface area (Å²) in [7, 11) is 0. The Bertz CT molecular complexity index is 389. The molecule has 0 fully saturated rings. The summed E-state index contributed by atoms with van der Waals surface area (Å²) in [4.78, 5) is 0. The topological polar surface area (TPSA) is 25.2 Å². The number of hydrogen-bond acceptors (Lipinski definition) is 1. The van der Waals surface area contributed by atoms with Crippen LogP contribution in [0.2, 0.25) is 0 Å². The van der Waals surface area contributed by atoms with E-state index in [2.05, 4.69) is 28.8 Å². The summed E-state index contributed by atoms with van der Waals surface area (Å²) in [6.07, 6.45) is 5.84. The third kappa shape index (κ3) is 2.48. The van der Waals surface area contributed by atoms with Crippen LogP contribution < -0.4 is 0 Å². The van der Waals surface area contributed by atoms with Gasteiger partial charge in [0.2, 0.25) is 0 Å². The Balaban J connectivity index is 2.11. The van der Waals surface area contributed by atoms with Crippen molar-refractivity contribution in [2.45, 2.75) is 12.8 Å². The van der Waals surface area contributed by atoms with Crippen molar-refractivity contribution in [1.29, 1.82) is 0 Å². The molecule has 0 saturated heterocycles. The zero-order chi connectivity index (χ0) is 10.5. The summed E-state index contributed by atoms with van der Waals surface area (Å²) >= 11 is 0. The van der Waals surface area contributed by atoms with Gasteiger partial charge in [-0.15, -0.1) is 0 Å². The van der Waals surface area contributed by atoms with Crippen molar-refractivity contribution in [3.05, 3.63) is 54.4 Å². The van der Waals surface area contributed by atoms with Crippen LogP contribution in [-0.4, -0.2) is 16.3 Å². The van der Waals surface area contributed by atoms with E-state index in [0.717, 1.165) is 12.8 Å². The highest BCUT2D eigenvalue weighted by Gasteiger charge is 1.95. The summed E-state index contributed by atoms with van der Waals surface area (Å²) in [5.41, 5.74) is 2.45. The minimum absolute atomic E-state index is 0.263. The summed E-state index contributed by atoms with van der Waals surface area (Å²) in [6.45, 7) is 0.263. The van der Waals surface area contributed by atoms with Gasteiger partial charge in [0.05, 0.1) is 0 Å². The molecule has 0 amide bonds. The number of benzene rings is 1. The maximum absolute atomic E-state index is 8.73. The fourth-order valence-corrected chi connectivity index (χ4v) is 1.62. The average Bonchev–Trinajstić information content (AvgIpc) is 2.80. The van der Waals surface area contributed by atoms with E-state index in [-0.39, 0.29) is 6.61 Å². The van der Waals surface area contributed by atoms with Gasteiger partial charge in [-0.3, -0.25) is 0 Å². The molecule has 78 valence electrons. The first-order valence-corrected chi connectivity index (χ1v) is 5.23. The van der Waals surface area contributed by atoms with Crippen molar-refractivity contribution in [1.82, 2.24) is 4.57 Å². The number of aliphatic hydroxyl groups is 1. The molecular formula is C13H15NO. The Hall–Kier alpha value is -1.54. The van der Waals surface area contributed by atoms with Crippen molar-refractivity contribution in [3.8, 4) is 5.69 Å². The lowest BCUT2D eigenvalue weighted by Crippen LogP contribution is -1.92. The molecule has 0 aliphatic carbocycles. The maximum Gasteiger partial charge on any atom is 0.0449 e. The minimum Gasteiger partial charge on any atom is -0.396 e. The molecule has 1 N–H and O–H groups in total. The molecule has 15 heavy (non-hydrogen) atoms. The van der Waals surface area contributed by atoms with Gasteiger partial charge in [-0.25, -0.2) is 0 Å². The highest BCUT2D eigenvalue weighted by Crippen LogP contribution is 2.11. The Labute approximate surface area is 89.8 Å². The standard InChI is InChI=1S/C13H15NO/c15-11-3-4-12-5-7-13(8-6-12)14-9-1-2-10-14/h1-2,5-10,15H,3-4,11H2. The van der Waals surface area contributed by atoms with E-state index in [4.69, 9.17) is 5.11 Å². The lowest BCUT2D eigenvalue weighted by Gasteiger charge is -2.04. The van der Waals surface area contributed by atoms with Gasteiger partial charge in [0.1, 0.15) is 0 Å². The molecule has 2 rings (SSSR count). The van der Waals surface area contributed by atoms with E-state index in [1.165, 1.54) is 11.3 Å². The van der Waals surface area contributed by atoms with Crippen LogP contribution in [-0.2, 0) is 6.42 Å². The fourth-order valence-electron chi connectivity index (χ4n) is 1.62. The molecule has 2 heteroatoms. The van der Waals surface area contributed by atoms with Crippen LogP contribution >= 0.6 is 0 Å². The molecule has 0 aliphatic rings. The van der Waals surface area contributed by atoms with Crippen molar-refractivity contribution < 1.29 is 5.11 Å². The van der Waals surface area contributed by atoms with Crippen LogP contribution in [0.25, 0.3) is 5.69 Å². The number of nitrogens with zero attached hydrogens (tertiary/aromatic N) is 1. The van der Waals surface area contributed by atoms with E-state index in [0.29, 0.717) is 0 Å². The lowest BCUT2D eigenvalue weighted by atomic mass is 10.1. The van der Waals surface area contributed by atoms with Crippen LogP contribution in [0.4, 0.5) is 0 Å². The summed E-state index contributed by atoms with van der Waals surface area (Å²) < 4.78 is 2.08. The third-order valence-corrected chi connectivity index (χ3v) is 2.46. The third-order valence-electron chi connectivity index (χ3n) is 2.46. The summed E-state index contributed by atoms with van der Waals surface area (Å²) in [5, 5.41) is 8.73. The fraction of sp³-hybridized carbons (Fsp3) is 0.231. The molecule has 0 bridgehead atoms. The number of aryl methyl sites for hydroxylation is 1. The van der Waals surface area contributed by atoms with Crippen LogP contribution in [0.5, 0.6) is 0 Å². The van der Waals surface area contributed by atoms with E-state index in [1.807, 2.05) is 24.5 Å². The van der Waals surface area contributed by atoms with Crippen LogP contribution in [0.15, 0.2) is 48.8 Å². The minimum atomic E-state index is 0.263. The van der Waals surface area contributed by atoms with Crippen molar-refractivity contribution in [2.75, 3.05) is 6.61 Å². The molecule has 0 radical (unpaired) electrons. The van der Waals surface area contributed by atoms with Crippen LogP contribution in [0.1, 0.15) is 12.0 Å². The molecule has 1 aromatic heterocycles. The second-order valence-electron chi connectivity index (χ2n) is 3.58. The SMILES string of the molecule is OCCCc1ccc(-n2cccc2)cc1. The summed E-state index contributed by atoms with van der Waals surface area (Å²) in [6, 6.07) is 12.5. The van der Waals surface area contributed by atoms with Gasteiger partial charge < -0.3 is 9.67 Å². The highest BCUT2D eigenvalue weighted by atomic mass is 16.2. The Morgan fingerprint density at radius 3 is 2.27 bits per heavy atom. The Morgan fingerprint density at radius 2 is 1.67 bits per heavy atom. The molecule has 1 aromatic carbocycles. The van der Waals surface area contributed by atoms with Gasteiger partial charge in [0.25, 0.3) is 0 Å². The second kappa shape index (κ2) is 4.80. The molecule has 0 saturated carbocycles. The van der Waals surface area contributed by atoms with Crippen molar-refractivity contribution in [2.24, 2.45) is 0 Å². The maximum atomic E-state index is 8.73. The smallest absolute Gasteiger partial charge is 0.0449 e. The van der Waals surface area contributed by atoms with E-state index < -0.39 is 0 Å². The zero-order valence-corrected chi connectivity index (χ0v) is 8.63. The van der Waals surface area contributed by atoms with E-state index in [9.17, 15) is 0 Å². The zero-order valence-electron chi connectivity index (χ0n) is 8.63. The summed E-state index contributed by atoms with van der Waals surface area (Å²) in [5.74, 6) is 0. The number of aliphatic hydroxyl groups excluding tert-OH is 1. The molecule has 0 spiro atoms. The monoisotopic (exact) mass is 201 g/mol. The lowest BCUT2D eigenvalue weighted by molar-refractivity contribution is 0.288. The second-order valence-corrected chi connectivity index (χ2v) is 3.58. The molecular weight excluding hydrogens is 186 g/mol. The van der Waals surface area contributed by atoms with E-state index >= 15 is 0 Å². The molecule has 2 aromatic rings. The largest absolute Gasteiger partial charge is 0.396 e. The van der Waals surface area contributed by atoms with Crippen LogP contribution in [0.3, 0.4) is 0 Å². The predicted octanol–water partition coefficient (Wildman–Crippen LogP) is 2.40. The Morgan fingerprint density at radius 1 is 1.00 bits per heavy atom. The molecule has 2 nitrogen and oxygen atoms in total. The number of hydrogen-bond donors (Lipinski definition) is 1. The highest BCUT2D eigenvalue weighted by molar-refractivity contribution is 5.35. The quantitative estimate of drug-likeness (QED) is 0.807. The molecule has 1 heterocycles.